The molecule has 1 N–H and O–H groups in total. The largest absolute Gasteiger partial charge is 0.312 e. The van der Waals surface area contributed by atoms with Gasteiger partial charge in [-0.15, -0.1) is 0 Å². The summed E-state index contributed by atoms with van der Waals surface area (Å²) in [7, 11) is 0. The lowest BCUT2D eigenvalue weighted by molar-refractivity contribution is 0.234. The first-order chi connectivity index (χ1) is 12.8. The van der Waals surface area contributed by atoms with E-state index in [0.29, 0.717) is 12.1 Å². The maximum atomic E-state index is 4.01. The molecule has 2 aromatic rings. The third kappa shape index (κ3) is 4.05. The van der Waals surface area contributed by atoms with E-state index in [2.05, 4.69) is 70.5 Å². The molecule has 0 saturated carbocycles. The molecule has 2 atom stereocenters. The van der Waals surface area contributed by atoms with Crippen molar-refractivity contribution in [2.75, 3.05) is 13.1 Å². The van der Waals surface area contributed by atoms with Gasteiger partial charge >= 0.3 is 0 Å². The normalized spacial score (nSPS) is 22.5. The Balaban J connectivity index is 1.30. The zero-order valence-corrected chi connectivity index (χ0v) is 15.5. The molecule has 1 fully saturated rings. The fraction of sp³-hybridized carbons (Fsp3) is 0.435. The topological polar surface area (TPSA) is 27.6 Å². The lowest BCUT2D eigenvalue weighted by Crippen LogP contribution is -2.41. The summed E-state index contributed by atoms with van der Waals surface area (Å²) in [6, 6.07) is 18.9. The van der Waals surface area contributed by atoms with E-state index in [1.807, 2.05) is 0 Å². The molecule has 0 amide bonds. The van der Waals surface area contributed by atoms with Crippen molar-refractivity contribution in [3.63, 3.8) is 0 Å². The molecule has 3 heteroatoms. The van der Waals surface area contributed by atoms with Gasteiger partial charge in [0.25, 0.3) is 0 Å². The van der Waals surface area contributed by atoms with Gasteiger partial charge in [0, 0.05) is 25.2 Å². The summed E-state index contributed by atoms with van der Waals surface area (Å²) in [6.07, 6.45) is 4.94. The molecule has 3 nitrogen and oxygen atoms in total. The molecule has 0 radical (unpaired) electrons. The average molecular weight is 348 g/mol. The van der Waals surface area contributed by atoms with Gasteiger partial charge in [-0.1, -0.05) is 48.5 Å². The number of benzene rings is 2. The van der Waals surface area contributed by atoms with Gasteiger partial charge in [-0.3, -0.25) is 9.89 Å². The van der Waals surface area contributed by atoms with E-state index in [9.17, 15) is 0 Å². The molecule has 26 heavy (non-hydrogen) atoms. The first-order valence-electron chi connectivity index (χ1n) is 9.86. The number of hydrogen-bond donors (Lipinski definition) is 1. The summed E-state index contributed by atoms with van der Waals surface area (Å²) in [5.74, 6) is 0. The monoisotopic (exact) mass is 347 g/mol. The standard InChI is InChI=1S/C23H29N3/c1-24-15-19-9-10-20-13-22(14-21(20)12-19)25-16-23-8-5-11-26(23)17-18-6-3-2-4-7-18/h2-4,6-7,9-10,12,22-23,25H,1,5,8,11,13-17H2. The quantitative estimate of drug-likeness (QED) is 0.775. The van der Waals surface area contributed by atoms with Crippen LogP contribution in [0.25, 0.3) is 0 Å². The maximum absolute atomic E-state index is 4.01. The summed E-state index contributed by atoms with van der Waals surface area (Å²) in [5, 5.41) is 3.86. The molecular weight excluding hydrogens is 318 g/mol. The molecular formula is C23H29N3. The highest BCUT2D eigenvalue weighted by atomic mass is 15.2. The minimum atomic E-state index is 0.580. The molecule has 2 aliphatic rings. The van der Waals surface area contributed by atoms with Crippen LogP contribution in [-0.4, -0.2) is 36.8 Å². The number of nitrogens with zero attached hydrogens (tertiary/aromatic N) is 2. The Morgan fingerprint density at radius 3 is 2.73 bits per heavy atom. The van der Waals surface area contributed by atoms with E-state index in [1.54, 1.807) is 0 Å². The first kappa shape index (κ1) is 17.4. The van der Waals surface area contributed by atoms with Gasteiger partial charge in [0.15, 0.2) is 0 Å². The van der Waals surface area contributed by atoms with Gasteiger partial charge in [0.05, 0.1) is 6.54 Å². The molecule has 1 aliphatic carbocycles. The Morgan fingerprint density at radius 1 is 1.04 bits per heavy atom. The summed E-state index contributed by atoms with van der Waals surface area (Å²) in [5.41, 5.74) is 5.71. The van der Waals surface area contributed by atoms with Crippen LogP contribution in [-0.2, 0) is 25.9 Å². The molecule has 2 aromatic carbocycles. The van der Waals surface area contributed by atoms with Crippen molar-refractivity contribution in [1.29, 1.82) is 0 Å². The smallest absolute Gasteiger partial charge is 0.0632 e. The Labute approximate surface area is 157 Å². The Hall–Kier alpha value is -1.97. The Kier molecular flexibility index (Phi) is 5.47. The van der Waals surface area contributed by atoms with Gasteiger partial charge in [-0.2, -0.15) is 0 Å². The van der Waals surface area contributed by atoms with Crippen LogP contribution in [0.4, 0.5) is 0 Å². The summed E-state index contributed by atoms with van der Waals surface area (Å²) < 4.78 is 0. The second-order valence-corrected chi connectivity index (χ2v) is 7.75. The van der Waals surface area contributed by atoms with Gasteiger partial charge in [0.1, 0.15) is 0 Å². The molecule has 1 aliphatic heterocycles. The third-order valence-electron chi connectivity index (χ3n) is 5.87. The van der Waals surface area contributed by atoms with Gasteiger partial charge in [0.2, 0.25) is 0 Å². The number of nitrogens with one attached hydrogen (secondary N) is 1. The van der Waals surface area contributed by atoms with Crippen LogP contribution < -0.4 is 5.32 Å². The van der Waals surface area contributed by atoms with E-state index >= 15 is 0 Å². The van der Waals surface area contributed by atoms with Crippen molar-refractivity contribution in [1.82, 2.24) is 10.2 Å². The van der Waals surface area contributed by atoms with Crippen LogP contribution in [0.1, 0.15) is 35.1 Å². The van der Waals surface area contributed by atoms with Crippen LogP contribution in [0.3, 0.4) is 0 Å². The van der Waals surface area contributed by atoms with Crippen LogP contribution in [0.2, 0.25) is 0 Å². The van der Waals surface area contributed by atoms with Crippen molar-refractivity contribution in [2.24, 2.45) is 4.99 Å². The van der Waals surface area contributed by atoms with Crippen LogP contribution in [0.15, 0.2) is 53.5 Å². The van der Waals surface area contributed by atoms with E-state index in [0.717, 1.165) is 32.5 Å². The van der Waals surface area contributed by atoms with Crippen LogP contribution in [0, 0.1) is 0 Å². The second kappa shape index (κ2) is 8.15. The first-order valence-corrected chi connectivity index (χ1v) is 9.86. The number of likely N-dealkylation sites (tertiary alicyclic amines) is 1. The minimum absolute atomic E-state index is 0.580. The van der Waals surface area contributed by atoms with Gasteiger partial charge in [-0.25, -0.2) is 0 Å². The molecule has 4 rings (SSSR count). The number of aliphatic imine (C=N–C) groups is 1. The fourth-order valence-electron chi connectivity index (χ4n) is 4.50. The van der Waals surface area contributed by atoms with Crippen LogP contribution in [0.5, 0.6) is 0 Å². The van der Waals surface area contributed by atoms with Crippen molar-refractivity contribution >= 4 is 6.72 Å². The SMILES string of the molecule is C=NCc1ccc2c(c1)CC(NCC1CCCN1Cc1ccccc1)C2. The molecule has 1 heterocycles. The van der Waals surface area contributed by atoms with Crippen molar-refractivity contribution in [3.05, 3.63) is 70.8 Å². The molecule has 2 unspecified atom stereocenters. The fourth-order valence-corrected chi connectivity index (χ4v) is 4.50. The predicted octanol–water partition coefficient (Wildman–Crippen LogP) is 3.61. The zero-order chi connectivity index (χ0) is 17.8. The molecule has 1 saturated heterocycles. The van der Waals surface area contributed by atoms with Crippen molar-refractivity contribution in [2.45, 2.75) is 50.9 Å². The van der Waals surface area contributed by atoms with Gasteiger partial charge < -0.3 is 5.32 Å². The number of hydrogen-bond acceptors (Lipinski definition) is 3. The minimum Gasteiger partial charge on any atom is -0.312 e. The maximum Gasteiger partial charge on any atom is 0.0632 e. The highest BCUT2D eigenvalue weighted by Crippen LogP contribution is 2.25. The lowest BCUT2D eigenvalue weighted by Gasteiger charge is -2.26. The van der Waals surface area contributed by atoms with Gasteiger partial charge in [-0.05, 0) is 61.2 Å². The van der Waals surface area contributed by atoms with Crippen LogP contribution >= 0.6 is 0 Å². The van der Waals surface area contributed by atoms with E-state index in [4.69, 9.17) is 0 Å². The van der Waals surface area contributed by atoms with Crippen molar-refractivity contribution < 1.29 is 0 Å². The zero-order valence-electron chi connectivity index (χ0n) is 15.5. The average Bonchev–Trinajstić information content (AvgIpc) is 3.27. The summed E-state index contributed by atoms with van der Waals surface area (Å²) >= 11 is 0. The van der Waals surface area contributed by atoms with E-state index in [1.165, 1.54) is 41.6 Å². The number of rotatable bonds is 7. The van der Waals surface area contributed by atoms with E-state index < -0.39 is 0 Å². The Bertz CT molecular complexity index is 740. The molecule has 0 spiro atoms. The lowest BCUT2D eigenvalue weighted by atomic mass is 10.1. The van der Waals surface area contributed by atoms with E-state index in [-0.39, 0.29) is 0 Å². The third-order valence-corrected chi connectivity index (χ3v) is 5.87. The highest BCUT2D eigenvalue weighted by molar-refractivity contribution is 5.38. The Morgan fingerprint density at radius 2 is 1.88 bits per heavy atom. The summed E-state index contributed by atoms with van der Waals surface area (Å²) in [6.45, 7) is 7.74. The molecule has 0 aromatic heterocycles. The number of fused-ring (bicyclic) bond motifs is 1. The highest BCUT2D eigenvalue weighted by Gasteiger charge is 2.27. The molecule has 0 bridgehead atoms. The second-order valence-electron chi connectivity index (χ2n) is 7.75. The van der Waals surface area contributed by atoms with Crippen molar-refractivity contribution in [3.8, 4) is 0 Å². The predicted molar refractivity (Wildman–Crippen MR) is 109 cm³/mol. The summed E-state index contributed by atoms with van der Waals surface area (Å²) in [4.78, 5) is 6.66. The molecule has 136 valence electrons.